The van der Waals surface area contributed by atoms with Crippen LogP contribution in [0.5, 0.6) is 0 Å². The molecule has 1 N–H and O–H groups in total. The van der Waals surface area contributed by atoms with Crippen LogP contribution in [0.2, 0.25) is 0 Å². The lowest BCUT2D eigenvalue weighted by Crippen LogP contribution is -2.36. The Balaban J connectivity index is 1.48. The van der Waals surface area contributed by atoms with Gasteiger partial charge in [0.2, 0.25) is 0 Å². The first-order valence-corrected chi connectivity index (χ1v) is 8.63. The van der Waals surface area contributed by atoms with Gasteiger partial charge in [0.1, 0.15) is 11.6 Å². The summed E-state index contributed by atoms with van der Waals surface area (Å²) in [7, 11) is 0. The molecule has 0 radical (unpaired) electrons. The number of ether oxygens (including phenoxy) is 1. The van der Waals surface area contributed by atoms with Crippen molar-refractivity contribution < 1.29 is 9.13 Å². The molecule has 1 aliphatic carbocycles. The highest BCUT2D eigenvalue weighted by molar-refractivity contribution is 5.51. The van der Waals surface area contributed by atoms with E-state index in [4.69, 9.17) is 4.74 Å². The number of pyridine rings is 1. The van der Waals surface area contributed by atoms with Crippen molar-refractivity contribution in [2.24, 2.45) is 0 Å². The molecule has 1 aromatic carbocycles. The molecule has 1 fully saturated rings. The third-order valence-corrected chi connectivity index (χ3v) is 4.87. The summed E-state index contributed by atoms with van der Waals surface area (Å²) in [5, 5.41) is 3.51. The Bertz CT molecular complexity index is 698. The van der Waals surface area contributed by atoms with Gasteiger partial charge in [0.15, 0.2) is 0 Å². The van der Waals surface area contributed by atoms with Gasteiger partial charge in [-0.1, -0.05) is 6.07 Å². The quantitative estimate of drug-likeness (QED) is 0.935. The Morgan fingerprint density at radius 1 is 1.17 bits per heavy atom. The molecule has 4 nitrogen and oxygen atoms in total. The monoisotopic (exact) mass is 327 g/mol. The molecule has 1 aromatic heterocycles. The van der Waals surface area contributed by atoms with E-state index in [0.717, 1.165) is 62.6 Å². The summed E-state index contributed by atoms with van der Waals surface area (Å²) in [6.45, 7) is 3.37. The van der Waals surface area contributed by atoms with Crippen LogP contribution >= 0.6 is 0 Å². The Morgan fingerprint density at radius 2 is 2.04 bits per heavy atom. The summed E-state index contributed by atoms with van der Waals surface area (Å²) >= 11 is 0. The Labute approximate surface area is 141 Å². The van der Waals surface area contributed by atoms with Crippen LogP contribution in [-0.2, 0) is 11.2 Å². The number of benzene rings is 1. The number of hydrogen-bond acceptors (Lipinski definition) is 4. The number of anilines is 2. The van der Waals surface area contributed by atoms with E-state index in [1.165, 1.54) is 5.56 Å². The molecular formula is C19H22FN3O. The Hall–Kier alpha value is -2.14. The van der Waals surface area contributed by atoms with Gasteiger partial charge in [0.25, 0.3) is 0 Å². The summed E-state index contributed by atoms with van der Waals surface area (Å²) in [6, 6.07) is 9.46. The van der Waals surface area contributed by atoms with Crippen molar-refractivity contribution in [1.29, 1.82) is 0 Å². The van der Waals surface area contributed by atoms with Crippen LogP contribution in [0, 0.1) is 5.82 Å². The minimum atomic E-state index is -0.151. The predicted octanol–water partition coefficient (Wildman–Crippen LogP) is 3.55. The highest BCUT2D eigenvalue weighted by Gasteiger charge is 2.21. The van der Waals surface area contributed by atoms with E-state index in [1.54, 1.807) is 12.1 Å². The van der Waals surface area contributed by atoms with E-state index < -0.39 is 0 Å². The van der Waals surface area contributed by atoms with Crippen molar-refractivity contribution in [3.8, 4) is 0 Å². The minimum absolute atomic E-state index is 0.151. The summed E-state index contributed by atoms with van der Waals surface area (Å²) < 4.78 is 18.8. The SMILES string of the molecule is Fc1ccc2c(c1)CCCC2Nc1ccc(N2CCOCC2)cn1. The first kappa shape index (κ1) is 15.4. The molecule has 1 aliphatic heterocycles. The fraction of sp³-hybridized carbons (Fsp3) is 0.421. The second-order valence-electron chi connectivity index (χ2n) is 6.43. The van der Waals surface area contributed by atoms with Crippen LogP contribution in [0.4, 0.5) is 15.9 Å². The van der Waals surface area contributed by atoms with Crippen LogP contribution < -0.4 is 10.2 Å². The summed E-state index contributed by atoms with van der Waals surface area (Å²) in [5.41, 5.74) is 3.44. The van der Waals surface area contributed by atoms with Gasteiger partial charge in [-0.3, -0.25) is 0 Å². The number of nitrogens with zero attached hydrogens (tertiary/aromatic N) is 2. The second kappa shape index (κ2) is 6.77. The summed E-state index contributed by atoms with van der Waals surface area (Å²) in [5.74, 6) is 0.719. The molecule has 1 atom stereocenters. The van der Waals surface area contributed by atoms with Crippen LogP contribution in [0.15, 0.2) is 36.5 Å². The maximum absolute atomic E-state index is 13.4. The smallest absolute Gasteiger partial charge is 0.126 e. The van der Waals surface area contributed by atoms with Crippen molar-refractivity contribution >= 4 is 11.5 Å². The van der Waals surface area contributed by atoms with E-state index in [2.05, 4.69) is 21.3 Å². The largest absolute Gasteiger partial charge is 0.378 e. The van der Waals surface area contributed by atoms with E-state index >= 15 is 0 Å². The van der Waals surface area contributed by atoms with Crippen LogP contribution in [0.25, 0.3) is 0 Å². The lowest BCUT2D eigenvalue weighted by atomic mass is 9.87. The molecule has 2 aromatic rings. The van der Waals surface area contributed by atoms with Crippen LogP contribution in [0.1, 0.15) is 30.0 Å². The zero-order valence-corrected chi connectivity index (χ0v) is 13.7. The number of hydrogen-bond donors (Lipinski definition) is 1. The maximum Gasteiger partial charge on any atom is 0.126 e. The van der Waals surface area contributed by atoms with Gasteiger partial charge < -0.3 is 15.0 Å². The Kier molecular flexibility index (Phi) is 4.34. The molecule has 24 heavy (non-hydrogen) atoms. The highest BCUT2D eigenvalue weighted by atomic mass is 19.1. The first-order valence-electron chi connectivity index (χ1n) is 8.63. The summed E-state index contributed by atoms with van der Waals surface area (Å²) in [6.07, 6.45) is 4.99. The number of rotatable bonds is 3. The van der Waals surface area contributed by atoms with E-state index in [9.17, 15) is 4.39 Å². The highest BCUT2D eigenvalue weighted by Crippen LogP contribution is 2.32. The average Bonchev–Trinajstić information content (AvgIpc) is 2.63. The van der Waals surface area contributed by atoms with Gasteiger partial charge in [0.05, 0.1) is 31.1 Å². The van der Waals surface area contributed by atoms with E-state index in [1.807, 2.05) is 18.3 Å². The van der Waals surface area contributed by atoms with Crippen LogP contribution in [0.3, 0.4) is 0 Å². The molecule has 2 aliphatic rings. The standard InChI is InChI=1S/C19H22FN3O/c20-15-4-6-17-14(12-15)2-1-3-18(17)22-19-7-5-16(13-21-19)23-8-10-24-11-9-23/h4-7,12-13,18H,1-3,8-11H2,(H,21,22). The van der Waals surface area contributed by atoms with Crippen molar-refractivity contribution in [2.75, 3.05) is 36.5 Å². The number of fused-ring (bicyclic) bond motifs is 1. The molecule has 1 saturated heterocycles. The van der Waals surface area contributed by atoms with E-state index in [0.29, 0.717) is 0 Å². The number of nitrogens with one attached hydrogen (secondary N) is 1. The molecule has 2 heterocycles. The third kappa shape index (κ3) is 3.22. The number of halogens is 1. The third-order valence-electron chi connectivity index (χ3n) is 4.87. The van der Waals surface area contributed by atoms with Crippen LogP contribution in [-0.4, -0.2) is 31.3 Å². The van der Waals surface area contributed by atoms with Gasteiger partial charge in [-0.15, -0.1) is 0 Å². The number of morpholine rings is 1. The summed E-state index contributed by atoms with van der Waals surface area (Å²) in [4.78, 5) is 6.86. The zero-order chi connectivity index (χ0) is 16.4. The lowest BCUT2D eigenvalue weighted by Gasteiger charge is -2.29. The maximum atomic E-state index is 13.4. The molecule has 5 heteroatoms. The molecule has 0 saturated carbocycles. The van der Waals surface area contributed by atoms with Crippen molar-refractivity contribution in [2.45, 2.75) is 25.3 Å². The topological polar surface area (TPSA) is 37.4 Å². The first-order chi connectivity index (χ1) is 11.8. The molecule has 126 valence electrons. The minimum Gasteiger partial charge on any atom is -0.378 e. The molecule has 0 spiro atoms. The fourth-order valence-corrected chi connectivity index (χ4v) is 3.59. The van der Waals surface area contributed by atoms with Crippen molar-refractivity contribution in [1.82, 2.24) is 4.98 Å². The van der Waals surface area contributed by atoms with E-state index in [-0.39, 0.29) is 11.9 Å². The van der Waals surface area contributed by atoms with Gasteiger partial charge >= 0.3 is 0 Å². The molecule has 1 unspecified atom stereocenters. The zero-order valence-electron chi connectivity index (χ0n) is 13.7. The van der Waals surface area contributed by atoms with Gasteiger partial charge in [-0.25, -0.2) is 9.37 Å². The molecule has 0 bridgehead atoms. The fourth-order valence-electron chi connectivity index (χ4n) is 3.59. The van der Waals surface area contributed by atoms with Gasteiger partial charge in [-0.2, -0.15) is 0 Å². The lowest BCUT2D eigenvalue weighted by molar-refractivity contribution is 0.122. The normalized spacial score (nSPS) is 20.5. The number of aryl methyl sites for hydroxylation is 1. The van der Waals surface area contributed by atoms with Crippen molar-refractivity contribution in [3.05, 3.63) is 53.5 Å². The molecular weight excluding hydrogens is 305 g/mol. The second-order valence-corrected chi connectivity index (χ2v) is 6.43. The molecule has 4 rings (SSSR count). The van der Waals surface area contributed by atoms with Gasteiger partial charge in [0, 0.05) is 13.1 Å². The van der Waals surface area contributed by atoms with Gasteiger partial charge in [-0.05, 0) is 54.7 Å². The predicted molar refractivity (Wildman–Crippen MR) is 93.0 cm³/mol. The number of aromatic nitrogens is 1. The Morgan fingerprint density at radius 3 is 2.83 bits per heavy atom. The van der Waals surface area contributed by atoms with Crippen molar-refractivity contribution in [3.63, 3.8) is 0 Å². The average molecular weight is 327 g/mol. The molecule has 0 amide bonds.